The molecule has 2 aromatic carbocycles. The molecule has 0 aliphatic carbocycles. The second kappa shape index (κ2) is 12.9. The number of rotatable bonds is 9. The van der Waals surface area contributed by atoms with Crippen LogP contribution >= 0.6 is 0 Å². The zero-order valence-electron chi connectivity index (χ0n) is 22.6. The lowest BCUT2D eigenvalue weighted by Crippen LogP contribution is -2.57. The van der Waals surface area contributed by atoms with Crippen molar-refractivity contribution in [3.05, 3.63) is 65.9 Å². The number of anilines is 1. The number of hydrogen-bond acceptors (Lipinski definition) is 6. The Morgan fingerprint density at radius 1 is 1.02 bits per heavy atom. The number of aromatic nitrogens is 1. The van der Waals surface area contributed by atoms with Gasteiger partial charge in [0.2, 0.25) is 0 Å². The summed E-state index contributed by atoms with van der Waals surface area (Å²) in [6.07, 6.45) is 2.69. The molecule has 1 atom stereocenters. The minimum atomic E-state index is -0.656. The standard InChI is InChI=1S/C29H33N5O6/c1-3-20-18-33(27(37)19-9-5-4-6-10-19)15-16-34(20)28(38)26(36)22-17-31-25-21(22)11-7-12-23(25)32-29(39)30-14-8-13-24(35)40-2/h4-7,9-12,17,20,31H,3,8,13-16,18H2,1-2H3,(H2,30,32,39)/t20-/m1/s1. The highest BCUT2D eigenvalue weighted by atomic mass is 16.5. The van der Waals surface area contributed by atoms with Gasteiger partial charge in [-0.15, -0.1) is 0 Å². The van der Waals surface area contributed by atoms with Crippen LogP contribution in [0.4, 0.5) is 10.5 Å². The van der Waals surface area contributed by atoms with Crippen molar-refractivity contribution in [2.75, 3.05) is 38.6 Å². The predicted octanol–water partition coefficient (Wildman–Crippen LogP) is 3.19. The molecule has 3 N–H and O–H groups in total. The first-order chi connectivity index (χ1) is 19.3. The van der Waals surface area contributed by atoms with Crippen molar-refractivity contribution < 1.29 is 28.7 Å². The van der Waals surface area contributed by atoms with E-state index in [-0.39, 0.29) is 43.0 Å². The topological polar surface area (TPSA) is 141 Å². The van der Waals surface area contributed by atoms with E-state index in [0.29, 0.717) is 48.1 Å². The van der Waals surface area contributed by atoms with Crippen LogP contribution < -0.4 is 10.6 Å². The Hall–Kier alpha value is -4.67. The number of ketones is 1. The zero-order valence-corrected chi connectivity index (χ0v) is 22.6. The first kappa shape index (κ1) is 28.3. The maximum atomic E-state index is 13.4. The predicted molar refractivity (Wildman–Crippen MR) is 149 cm³/mol. The molecule has 4 rings (SSSR count). The van der Waals surface area contributed by atoms with Crippen LogP contribution in [0.1, 0.15) is 46.9 Å². The molecule has 11 heteroatoms. The van der Waals surface area contributed by atoms with Gasteiger partial charge in [0, 0.05) is 55.8 Å². The lowest BCUT2D eigenvalue weighted by atomic mass is 10.0. The highest BCUT2D eigenvalue weighted by molar-refractivity contribution is 6.45. The number of Topliss-reactive ketones (excluding diaryl/α,β-unsaturated/α-hetero) is 1. The number of carbonyl (C=O) groups is 5. The molecule has 1 aliphatic heterocycles. The van der Waals surface area contributed by atoms with Crippen LogP contribution in [0.2, 0.25) is 0 Å². The number of esters is 1. The van der Waals surface area contributed by atoms with Crippen LogP contribution in [-0.2, 0) is 14.3 Å². The fourth-order valence-corrected chi connectivity index (χ4v) is 4.82. The number of methoxy groups -OCH3 is 1. The Balaban J connectivity index is 1.42. The van der Waals surface area contributed by atoms with Crippen LogP contribution in [-0.4, -0.2) is 83.7 Å². The summed E-state index contributed by atoms with van der Waals surface area (Å²) in [4.78, 5) is 69.5. The molecule has 40 heavy (non-hydrogen) atoms. The molecular formula is C29H33N5O6. The second-order valence-electron chi connectivity index (χ2n) is 9.50. The van der Waals surface area contributed by atoms with Gasteiger partial charge in [0.25, 0.3) is 17.6 Å². The average Bonchev–Trinajstić information content (AvgIpc) is 3.43. The molecule has 0 radical (unpaired) electrons. The number of benzene rings is 2. The van der Waals surface area contributed by atoms with E-state index in [9.17, 15) is 24.0 Å². The van der Waals surface area contributed by atoms with Crippen LogP contribution in [0.3, 0.4) is 0 Å². The summed E-state index contributed by atoms with van der Waals surface area (Å²) in [6.45, 7) is 3.14. The van der Waals surface area contributed by atoms with E-state index in [1.54, 1.807) is 40.1 Å². The van der Waals surface area contributed by atoms with Gasteiger partial charge in [0.05, 0.1) is 23.9 Å². The SMILES string of the molecule is CC[C@@H]1CN(C(=O)c2ccccc2)CCN1C(=O)C(=O)c1c[nH]c2c(NC(=O)NCCCC(=O)OC)cccc12. The van der Waals surface area contributed by atoms with E-state index in [0.717, 1.165) is 0 Å². The van der Waals surface area contributed by atoms with E-state index >= 15 is 0 Å². The number of nitrogens with one attached hydrogen (secondary N) is 3. The summed E-state index contributed by atoms with van der Waals surface area (Å²) in [7, 11) is 1.31. The summed E-state index contributed by atoms with van der Waals surface area (Å²) in [5.74, 6) is -1.72. The van der Waals surface area contributed by atoms with E-state index < -0.39 is 17.7 Å². The molecule has 1 aromatic heterocycles. The number of ether oxygens (including phenoxy) is 1. The normalized spacial score (nSPS) is 15.0. The number of piperazine rings is 1. The third-order valence-corrected chi connectivity index (χ3v) is 7.00. The maximum Gasteiger partial charge on any atom is 0.319 e. The van der Waals surface area contributed by atoms with E-state index in [1.807, 2.05) is 25.1 Å². The summed E-state index contributed by atoms with van der Waals surface area (Å²) in [5, 5.41) is 5.91. The molecular weight excluding hydrogens is 514 g/mol. The number of amides is 4. The van der Waals surface area contributed by atoms with Gasteiger partial charge in [0.1, 0.15) is 0 Å². The molecule has 3 aromatic rings. The molecule has 0 unspecified atom stereocenters. The fraction of sp³-hybridized carbons (Fsp3) is 0.345. The number of urea groups is 1. The highest BCUT2D eigenvalue weighted by Gasteiger charge is 2.35. The minimum Gasteiger partial charge on any atom is -0.469 e. The molecule has 2 heterocycles. The maximum absolute atomic E-state index is 13.4. The summed E-state index contributed by atoms with van der Waals surface area (Å²) < 4.78 is 4.58. The molecule has 0 spiro atoms. The molecule has 1 fully saturated rings. The fourth-order valence-electron chi connectivity index (χ4n) is 4.82. The Morgan fingerprint density at radius 2 is 1.80 bits per heavy atom. The average molecular weight is 548 g/mol. The Bertz CT molecular complexity index is 1400. The van der Waals surface area contributed by atoms with Crippen molar-refractivity contribution in [1.82, 2.24) is 20.1 Å². The van der Waals surface area contributed by atoms with Gasteiger partial charge in [-0.1, -0.05) is 37.3 Å². The number of hydrogen-bond donors (Lipinski definition) is 3. The molecule has 0 saturated carbocycles. The van der Waals surface area contributed by atoms with Crippen LogP contribution in [0, 0.1) is 0 Å². The Kier molecular flexibility index (Phi) is 9.15. The van der Waals surface area contributed by atoms with Crippen molar-refractivity contribution in [2.45, 2.75) is 32.2 Å². The first-order valence-corrected chi connectivity index (χ1v) is 13.2. The summed E-state index contributed by atoms with van der Waals surface area (Å²) in [6, 6.07) is 13.3. The summed E-state index contributed by atoms with van der Waals surface area (Å²) in [5.41, 5.74) is 1.74. The van der Waals surface area contributed by atoms with Gasteiger partial charge in [0.15, 0.2) is 0 Å². The largest absolute Gasteiger partial charge is 0.469 e. The minimum absolute atomic E-state index is 0.0957. The van der Waals surface area contributed by atoms with E-state index in [4.69, 9.17) is 0 Å². The van der Waals surface area contributed by atoms with Crippen molar-refractivity contribution >= 4 is 46.2 Å². The molecule has 1 saturated heterocycles. The van der Waals surface area contributed by atoms with Gasteiger partial charge in [-0.3, -0.25) is 19.2 Å². The number of fused-ring (bicyclic) bond motifs is 1. The third kappa shape index (κ3) is 6.31. The highest BCUT2D eigenvalue weighted by Crippen LogP contribution is 2.27. The lowest BCUT2D eigenvalue weighted by Gasteiger charge is -2.40. The van der Waals surface area contributed by atoms with Crippen molar-refractivity contribution in [3.63, 3.8) is 0 Å². The number of H-pyrrole nitrogens is 1. The molecule has 0 bridgehead atoms. The van der Waals surface area contributed by atoms with Gasteiger partial charge < -0.3 is 30.2 Å². The Morgan fingerprint density at radius 3 is 2.52 bits per heavy atom. The van der Waals surface area contributed by atoms with Gasteiger partial charge in [-0.2, -0.15) is 0 Å². The van der Waals surface area contributed by atoms with E-state index in [1.165, 1.54) is 13.3 Å². The van der Waals surface area contributed by atoms with Gasteiger partial charge in [-0.25, -0.2) is 4.79 Å². The third-order valence-electron chi connectivity index (χ3n) is 7.00. The lowest BCUT2D eigenvalue weighted by molar-refractivity contribution is -0.140. The number of carbonyl (C=O) groups excluding carboxylic acids is 5. The molecule has 11 nitrogen and oxygen atoms in total. The number of para-hydroxylation sites is 1. The zero-order chi connectivity index (χ0) is 28.6. The van der Waals surface area contributed by atoms with Crippen LogP contribution in [0.15, 0.2) is 54.7 Å². The van der Waals surface area contributed by atoms with Gasteiger partial charge in [-0.05, 0) is 31.0 Å². The second-order valence-corrected chi connectivity index (χ2v) is 9.50. The molecule has 4 amide bonds. The van der Waals surface area contributed by atoms with Crippen molar-refractivity contribution in [3.8, 4) is 0 Å². The van der Waals surface area contributed by atoms with Crippen LogP contribution in [0.5, 0.6) is 0 Å². The first-order valence-electron chi connectivity index (χ1n) is 13.2. The van der Waals surface area contributed by atoms with Crippen molar-refractivity contribution in [1.29, 1.82) is 0 Å². The van der Waals surface area contributed by atoms with E-state index in [2.05, 4.69) is 20.4 Å². The molecule has 1 aliphatic rings. The number of aromatic amines is 1. The van der Waals surface area contributed by atoms with Gasteiger partial charge >= 0.3 is 12.0 Å². The monoisotopic (exact) mass is 547 g/mol. The van der Waals surface area contributed by atoms with Crippen LogP contribution in [0.25, 0.3) is 10.9 Å². The quantitative estimate of drug-likeness (QED) is 0.163. The smallest absolute Gasteiger partial charge is 0.319 e. The van der Waals surface area contributed by atoms with Crippen molar-refractivity contribution in [2.24, 2.45) is 0 Å². The molecule has 210 valence electrons. The Labute approximate surface area is 231 Å². The summed E-state index contributed by atoms with van der Waals surface area (Å²) >= 11 is 0. The number of nitrogens with zero attached hydrogens (tertiary/aromatic N) is 2.